The number of hydrogen-bond donors (Lipinski definition) is 1. The molecule has 0 aromatic rings. The second-order valence-electron chi connectivity index (χ2n) is 5.08. The molecule has 2 fully saturated rings. The van der Waals surface area contributed by atoms with Crippen molar-refractivity contribution in [2.75, 3.05) is 33.2 Å². The van der Waals surface area contributed by atoms with Crippen LogP contribution in [0.15, 0.2) is 0 Å². The van der Waals surface area contributed by atoms with Crippen molar-refractivity contribution in [2.45, 2.75) is 32.1 Å². The molecule has 1 saturated heterocycles. The van der Waals surface area contributed by atoms with Gasteiger partial charge in [-0.3, -0.25) is 0 Å². The van der Waals surface area contributed by atoms with E-state index >= 15 is 0 Å². The zero-order chi connectivity index (χ0) is 9.80. The van der Waals surface area contributed by atoms with Gasteiger partial charge in [-0.25, -0.2) is 0 Å². The lowest BCUT2D eigenvalue weighted by Crippen LogP contribution is -2.35. The van der Waals surface area contributed by atoms with Crippen LogP contribution in [0, 0.1) is 11.8 Å². The Morgan fingerprint density at radius 1 is 1.07 bits per heavy atom. The van der Waals surface area contributed by atoms with Crippen LogP contribution >= 0.6 is 0 Å². The Morgan fingerprint density at radius 3 is 2.36 bits per heavy atom. The van der Waals surface area contributed by atoms with Gasteiger partial charge in [0.05, 0.1) is 0 Å². The molecule has 0 aromatic heterocycles. The predicted octanol–water partition coefficient (Wildman–Crippen LogP) is 1.72. The van der Waals surface area contributed by atoms with Gasteiger partial charge in [0.15, 0.2) is 0 Å². The Hall–Kier alpha value is -0.0800. The molecule has 0 atom stereocenters. The minimum absolute atomic E-state index is 0.998. The molecule has 0 radical (unpaired) electrons. The fourth-order valence-corrected chi connectivity index (χ4v) is 2.47. The molecule has 14 heavy (non-hydrogen) atoms. The molecule has 1 N–H and O–H groups in total. The zero-order valence-electron chi connectivity index (χ0n) is 9.47. The van der Waals surface area contributed by atoms with Crippen LogP contribution in [0.1, 0.15) is 32.1 Å². The molecule has 2 heteroatoms. The molecule has 82 valence electrons. The van der Waals surface area contributed by atoms with Gasteiger partial charge in [0.1, 0.15) is 0 Å². The Labute approximate surface area is 88.1 Å². The number of nitrogens with one attached hydrogen (secondary N) is 1. The van der Waals surface area contributed by atoms with Gasteiger partial charge in [0, 0.05) is 6.54 Å². The highest BCUT2D eigenvalue weighted by atomic mass is 15.1. The van der Waals surface area contributed by atoms with Crippen molar-refractivity contribution in [3.63, 3.8) is 0 Å². The molecule has 1 aliphatic heterocycles. The molecular formula is C12H24N2. The van der Waals surface area contributed by atoms with E-state index in [1.54, 1.807) is 0 Å². The number of nitrogens with zero attached hydrogens (tertiary/aromatic N) is 1. The molecule has 0 bridgehead atoms. The van der Waals surface area contributed by atoms with Gasteiger partial charge >= 0.3 is 0 Å². The van der Waals surface area contributed by atoms with Crippen LogP contribution in [0.4, 0.5) is 0 Å². The van der Waals surface area contributed by atoms with Crippen LogP contribution < -0.4 is 5.32 Å². The van der Waals surface area contributed by atoms with E-state index in [-0.39, 0.29) is 0 Å². The minimum Gasteiger partial charge on any atom is -0.320 e. The largest absolute Gasteiger partial charge is 0.320 e. The summed E-state index contributed by atoms with van der Waals surface area (Å²) >= 11 is 0. The SMILES string of the molecule is CNCCC1CCN(CC2CC2)CC1. The van der Waals surface area contributed by atoms with Gasteiger partial charge < -0.3 is 10.2 Å². The number of piperidine rings is 1. The van der Waals surface area contributed by atoms with Crippen LogP contribution in [0.3, 0.4) is 0 Å². The lowest BCUT2D eigenvalue weighted by atomic mass is 9.93. The van der Waals surface area contributed by atoms with E-state index in [4.69, 9.17) is 0 Å². The number of rotatable bonds is 5. The van der Waals surface area contributed by atoms with Gasteiger partial charge in [-0.05, 0) is 70.6 Å². The summed E-state index contributed by atoms with van der Waals surface area (Å²) in [6.45, 7) is 5.34. The standard InChI is InChI=1S/C12H24N2/c1-13-7-4-11-5-8-14(9-6-11)10-12-2-3-12/h11-13H,2-10H2,1H3. The van der Waals surface area contributed by atoms with Crippen LogP contribution in [-0.2, 0) is 0 Å². The highest BCUT2D eigenvalue weighted by Crippen LogP contribution is 2.31. The molecule has 0 unspecified atom stereocenters. The third-order valence-corrected chi connectivity index (χ3v) is 3.72. The smallest absolute Gasteiger partial charge is 0.000966 e. The molecule has 1 heterocycles. The second-order valence-corrected chi connectivity index (χ2v) is 5.08. The number of hydrogen-bond acceptors (Lipinski definition) is 2. The maximum absolute atomic E-state index is 3.25. The molecule has 0 amide bonds. The Morgan fingerprint density at radius 2 is 1.79 bits per heavy atom. The number of likely N-dealkylation sites (tertiary alicyclic amines) is 1. The Kier molecular flexibility index (Phi) is 3.82. The summed E-state index contributed by atoms with van der Waals surface area (Å²) < 4.78 is 0. The first kappa shape index (κ1) is 10.4. The summed E-state index contributed by atoms with van der Waals surface area (Å²) in [6.07, 6.45) is 7.26. The van der Waals surface area contributed by atoms with Gasteiger partial charge in [0.2, 0.25) is 0 Å². The average molecular weight is 196 g/mol. The summed E-state index contributed by atoms with van der Waals surface area (Å²) in [6, 6.07) is 0. The Bertz CT molecular complexity index is 158. The van der Waals surface area contributed by atoms with E-state index in [1.807, 2.05) is 0 Å². The van der Waals surface area contributed by atoms with Crippen molar-refractivity contribution in [2.24, 2.45) is 11.8 Å². The summed E-state index contributed by atoms with van der Waals surface area (Å²) in [7, 11) is 2.06. The fourth-order valence-electron chi connectivity index (χ4n) is 2.47. The summed E-state index contributed by atoms with van der Waals surface area (Å²) in [5.41, 5.74) is 0. The van der Waals surface area contributed by atoms with Crippen molar-refractivity contribution in [1.29, 1.82) is 0 Å². The van der Waals surface area contributed by atoms with Crippen molar-refractivity contribution in [1.82, 2.24) is 10.2 Å². The minimum atomic E-state index is 0.998. The van der Waals surface area contributed by atoms with Crippen LogP contribution in [0.25, 0.3) is 0 Å². The molecule has 0 spiro atoms. The maximum atomic E-state index is 3.25. The summed E-state index contributed by atoms with van der Waals surface area (Å²) in [5, 5.41) is 3.25. The lowest BCUT2D eigenvalue weighted by Gasteiger charge is -2.31. The molecule has 1 saturated carbocycles. The maximum Gasteiger partial charge on any atom is 0.000966 e. The highest BCUT2D eigenvalue weighted by Gasteiger charge is 2.26. The monoisotopic (exact) mass is 196 g/mol. The van der Waals surface area contributed by atoms with Gasteiger partial charge in [-0.2, -0.15) is 0 Å². The van der Waals surface area contributed by atoms with Crippen molar-refractivity contribution in [3.8, 4) is 0 Å². The summed E-state index contributed by atoms with van der Waals surface area (Å²) in [4.78, 5) is 2.69. The van der Waals surface area contributed by atoms with E-state index in [0.29, 0.717) is 0 Å². The van der Waals surface area contributed by atoms with Crippen molar-refractivity contribution < 1.29 is 0 Å². The topological polar surface area (TPSA) is 15.3 Å². The highest BCUT2D eigenvalue weighted by molar-refractivity contribution is 4.80. The normalized spacial score (nSPS) is 25.5. The Balaban J connectivity index is 1.59. The summed E-state index contributed by atoms with van der Waals surface area (Å²) in [5.74, 6) is 2.07. The molecule has 1 aliphatic carbocycles. The van der Waals surface area contributed by atoms with Crippen LogP contribution in [-0.4, -0.2) is 38.1 Å². The van der Waals surface area contributed by atoms with Crippen molar-refractivity contribution >= 4 is 0 Å². The quantitative estimate of drug-likeness (QED) is 0.720. The van der Waals surface area contributed by atoms with E-state index in [0.717, 1.165) is 11.8 Å². The third-order valence-electron chi connectivity index (χ3n) is 3.72. The molecule has 2 rings (SSSR count). The zero-order valence-corrected chi connectivity index (χ0v) is 9.47. The van der Waals surface area contributed by atoms with Gasteiger partial charge in [-0.15, -0.1) is 0 Å². The van der Waals surface area contributed by atoms with E-state index in [2.05, 4.69) is 17.3 Å². The first-order valence-electron chi connectivity index (χ1n) is 6.25. The van der Waals surface area contributed by atoms with Crippen molar-refractivity contribution in [3.05, 3.63) is 0 Å². The fraction of sp³-hybridized carbons (Fsp3) is 1.00. The molecular weight excluding hydrogens is 172 g/mol. The van der Waals surface area contributed by atoms with Gasteiger partial charge in [-0.1, -0.05) is 0 Å². The first-order chi connectivity index (χ1) is 6.88. The molecule has 2 aliphatic rings. The molecule has 0 aromatic carbocycles. The average Bonchev–Trinajstić information content (AvgIpc) is 3.01. The first-order valence-corrected chi connectivity index (χ1v) is 6.25. The van der Waals surface area contributed by atoms with Crippen LogP contribution in [0.2, 0.25) is 0 Å². The lowest BCUT2D eigenvalue weighted by molar-refractivity contribution is 0.173. The second kappa shape index (κ2) is 5.13. The van der Waals surface area contributed by atoms with E-state index in [1.165, 1.54) is 58.3 Å². The van der Waals surface area contributed by atoms with E-state index < -0.39 is 0 Å². The van der Waals surface area contributed by atoms with E-state index in [9.17, 15) is 0 Å². The molecule has 2 nitrogen and oxygen atoms in total. The van der Waals surface area contributed by atoms with Gasteiger partial charge in [0.25, 0.3) is 0 Å². The van der Waals surface area contributed by atoms with Crippen LogP contribution in [0.5, 0.6) is 0 Å². The third kappa shape index (κ3) is 3.25. The predicted molar refractivity (Wildman–Crippen MR) is 60.4 cm³/mol.